The van der Waals surface area contributed by atoms with E-state index in [4.69, 9.17) is 32.5 Å². The van der Waals surface area contributed by atoms with Crippen LogP contribution in [0, 0.1) is 0 Å². The highest BCUT2D eigenvalue weighted by atomic mass is 35.5. The van der Waals surface area contributed by atoms with Crippen molar-refractivity contribution in [2.45, 2.75) is 25.9 Å². The number of nitrogens with zero attached hydrogens (tertiary/aromatic N) is 3. The maximum absolute atomic E-state index is 6.08. The molecule has 0 saturated carbocycles. The zero-order valence-corrected chi connectivity index (χ0v) is 13.9. The molecule has 0 spiro atoms. The van der Waals surface area contributed by atoms with Crippen LogP contribution in [0.5, 0.6) is 0 Å². The number of benzene rings is 1. The van der Waals surface area contributed by atoms with E-state index in [0.717, 1.165) is 12.1 Å². The Hall–Kier alpha value is -1.30. The smallest absolute Gasteiger partial charge is 0.266 e. The number of hydrogen-bond acceptors (Lipinski definition) is 5. The van der Waals surface area contributed by atoms with Gasteiger partial charge in [0.25, 0.3) is 5.95 Å². The molecule has 118 valence electrons. The first-order valence-electron chi connectivity index (χ1n) is 7.19. The van der Waals surface area contributed by atoms with Crippen LogP contribution in [0.3, 0.4) is 0 Å². The summed E-state index contributed by atoms with van der Waals surface area (Å²) in [5.74, 6) is 1.47. The van der Waals surface area contributed by atoms with E-state index in [0.29, 0.717) is 35.0 Å². The molecule has 2 heterocycles. The summed E-state index contributed by atoms with van der Waals surface area (Å²) in [4.78, 5) is 6.50. The topological polar surface area (TPSA) is 51.4 Å². The molecule has 0 radical (unpaired) electrons. The number of aromatic nitrogens is 2. The summed E-state index contributed by atoms with van der Waals surface area (Å²) in [6.45, 7) is 6.02. The van der Waals surface area contributed by atoms with Gasteiger partial charge in [0.1, 0.15) is 6.10 Å². The van der Waals surface area contributed by atoms with Crippen molar-refractivity contribution in [3.05, 3.63) is 39.7 Å². The van der Waals surface area contributed by atoms with E-state index < -0.39 is 0 Å². The lowest BCUT2D eigenvalue weighted by Gasteiger charge is -2.32. The van der Waals surface area contributed by atoms with Gasteiger partial charge in [-0.15, -0.1) is 0 Å². The number of morpholine rings is 1. The first-order valence-corrected chi connectivity index (χ1v) is 7.95. The first kappa shape index (κ1) is 15.6. The average Bonchev–Trinajstić information content (AvgIpc) is 3.00. The molecule has 2 aromatic rings. The minimum Gasteiger partial charge on any atom is -0.370 e. The second kappa shape index (κ2) is 6.44. The van der Waals surface area contributed by atoms with Crippen molar-refractivity contribution in [1.29, 1.82) is 0 Å². The molecule has 22 heavy (non-hydrogen) atoms. The molecule has 1 aromatic carbocycles. The zero-order chi connectivity index (χ0) is 15.7. The van der Waals surface area contributed by atoms with Gasteiger partial charge in [-0.3, -0.25) is 0 Å². The van der Waals surface area contributed by atoms with E-state index in [-0.39, 0.29) is 12.0 Å². The molecule has 0 bridgehead atoms. The molecule has 0 amide bonds. The fourth-order valence-corrected chi connectivity index (χ4v) is 2.64. The predicted molar refractivity (Wildman–Crippen MR) is 85.8 cm³/mol. The molecule has 1 aromatic heterocycles. The molecular weight excluding hydrogens is 325 g/mol. The van der Waals surface area contributed by atoms with Crippen molar-refractivity contribution in [2.24, 2.45) is 0 Å². The molecular formula is C15H17Cl2N3O2. The van der Waals surface area contributed by atoms with Crippen LogP contribution in [-0.2, 0) is 4.74 Å². The van der Waals surface area contributed by atoms with E-state index in [9.17, 15) is 0 Å². The lowest BCUT2D eigenvalue weighted by atomic mass is 10.1. The van der Waals surface area contributed by atoms with Crippen LogP contribution < -0.4 is 4.90 Å². The SMILES string of the molecule is CC(C)c1nc(N2CCO[C@@H](c3ccc(Cl)c(Cl)c3)C2)no1. The Labute approximate surface area is 139 Å². The average molecular weight is 342 g/mol. The van der Waals surface area contributed by atoms with Gasteiger partial charge in [0, 0.05) is 12.5 Å². The minimum absolute atomic E-state index is 0.0930. The van der Waals surface area contributed by atoms with Crippen molar-refractivity contribution in [1.82, 2.24) is 10.1 Å². The molecule has 7 heteroatoms. The predicted octanol–water partition coefficient (Wildman–Crippen LogP) is 4.08. The molecule has 1 aliphatic rings. The number of hydrogen-bond donors (Lipinski definition) is 0. The van der Waals surface area contributed by atoms with Gasteiger partial charge < -0.3 is 14.2 Å². The van der Waals surface area contributed by atoms with Crippen molar-refractivity contribution < 1.29 is 9.26 Å². The van der Waals surface area contributed by atoms with Crippen LogP contribution in [-0.4, -0.2) is 29.8 Å². The molecule has 5 nitrogen and oxygen atoms in total. The molecule has 0 unspecified atom stereocenters. The Kier molecular flexibility index (Phi) is 4.57. The van der Waals surface area contributed by atoms with Crippen LogP contribution in [0.4, 0.5) is 5.95 Å². The molecule has 1 fully saturated rings. The van der Waals surface area contributed by atoms with E-state index in [1.54, 1.807) is 6.07 Å². The molecule has 3 rings (SSSR count). The van der Waals surface area contributed by atoms with Gasteiger partial charge in [0.05, 0.1) is 23.2 Å². The molecule has 1 atom stereocenters. The zero-order valence-electron chi connectivity index (χ0n) is 12.4. The minimum atomic E-state index is -0.0930. The Morgan fingerprint density at radius 3 is 2.77 bits per heavy atom. The standard InChI is InChI=1S/C15H17Cl2N3O2/c1-9(2)14-18-15(19-22-14)20-5-6-21-13(8-20)10-3-4-11(16)12(17)7-10/h3-4,7,9,13H,5-6,8H2,1-2H3/t13-/m1/s1. The van der Waals surface area contributed by atoms with Crippen LogP contribution in [0.1, 0.15) is 37.3 Å². The summed E-state index contributed by atoms with van der Waals surface area (Å²) < 4.78 is 11.1. The summed E-state index contributed by atoms with van der Waals surface area (Å²) in [7, 11) is 0. The lowest BCUT2D eigenvalue weighted by Crippen LogP contribution is -2.39. The van der Waals surface area contributed by atoms with E-state index in [1.165, 1.54) is 0 Å². The number of rotatable bonds is 3. The van der Waals surface area contributed by atoms with Crippen molar-refractivity contribution >= 4 is 29.2 Å². The highest BCUT2D eigenvalue weighted by molar-refractivity contribution is 6.42. The van der Waals surface area contributed by atoms with Crippen LogP contribution in [0.25, 0.3) is 0 Å². The van der Waals surface area contributed by atoms with Crippen LogP contribution in [0.2, 0.25) is 10.0 Å². The second-order valence-corrected chi connectivity index (χ2v) is 6.38. The Morgan fingerprint density at radius 2 is 2.09 bits per heavy atom. The monoisotopic (exact) mass is 341 g/mol. The summed E-state index contributed by atoms with van der Waals surface area (Å²) >= 11 is 12.0. The van der Waals surface area contributed by atoms with Crippen LogP contribution >= 0.6 is 23.2 Å². The van der Waals surface area contributed by atoms with Gasteiger partial charge in [-0.05, 0) is 22.9 Å². The largest absolute Gasteiger partial charge is 0.370 e. The number of anilines is 1. The van der Waals surface area contributed by atoms with Gasteiger partial charge in [-0.1, -0.05) is 43.1 Å². The van der Waals surface area contributed by atoms with Gasteiger partial charge in [0.15, 0.2) is 0 Å². The normalized spacial score (nSPS) is 19.0. The third-order valence-corrected chi connectivity index (χ3v) is 4.33. The van der Waals surface area contributed by atoms with Crippen molar-refractivity contribution in [3.63, 3.8) is 0 Å². The summed E-state index contributed by atoms with van der Waals surface area (Å²) in [5.41, 5.74) is 0.992. The highest BCUT2D eigenvalue weighted by Crippen LogP contribution is 2.30. The first-order chi connectivity index (χ1) is 10.5. The van der Waals surface area contributed by atoms with E-state index >= 15 is 0 Å². The van der Waals surface area contributed by atoms with E-state index in [1.807, 2.05) is 26.0 Å². The molecule has 0 aliphatic carbocycles. The fraction of sp³-hybridized carbons (Fsp3) is 0.467. The Balaban J connectivity index is 1.77. The Morgan fingerprint density at radius 1 is 1.27 bits per heavy atom. The van der Waals surface area contributed by atoms with Crippen LogP contribution in [0.15, 0.2) is 22.7 Å². The fourth-order valence-electron chi connectivity index (χ4n) is 2.34. The third kappa shape index (κ3) is 3.21. The summed E-state index contributed by atoms with van der Waals surface area (Å²) in [5, 5.41) is 5.13. The molecule has 1 aliphatic heterocycles. The van der Waals surface area contributed by atoms with Gasteiger partial charge >= 0.3 is 0 Å². The highest BCUT2D eigenvalue weighted by Gasteiger charge is 2.26. The maximum Gasteiger partial charge on any atom is 0.266 e. The Bertz CT molecular complexity index is 660. The summed E-state index contributed by atoms with van der Waals surface area (Å²) in [6.07, 6.45) is -0.0930. The number of ether oxygens (including phenoxy) is 1. The lowest BCUT2D eigenvalue weighted by molar-refractivity contribution is 0.0391. The second-order valence-electron chi connectivity index (χ2n) is 5.57. The van der Waals surface area contributed by atoms with Crippen molar-refractivity contribution in [3.8, 4) is 0 Å². The van der Waals surface area contributed by atoms with E-state index in [2.05, 4.69) is 15.0 Å². The van der Waals surface area contributed by atoms with Gasteiger partial charge in [-0.25, -0.2) is 0 Å². The van der Waals surface area contributed by atoms with Gasteiger partial charge in [-0.2, -0.15) is 4.98 Å². The maximum atomic E-state index is 6.08. The molecule has 1 saturated heterocycles. The quantitative estimate of drug-likeness (QED) is 0.841. The number of halogens is 2. The third-order valence-electron chi connectivity index (χ3n) is 3.59. The van der Waals surface area contributed by atoms with Gasteiger partial charge in [0.2, 0.25) is 5.89 Å². The molecule has 0 N–H and O–H groups in total. The summed E-state index contributed by atoms with van der Waals surface area (Å²) in [6, 6.07) is 5.55. The van der Waals surface area contributed by atoms with Crippen molar-refractivity contribution in [2.75, 3.05) is 24.6 Å².